The monoisotopic (exact) mass is 312 g/mol. The Kier molecular flexibility index (Phi) is 4.52. The second-order valence-electron chi connectivity index (χ2n) is 4.60. The Morgan fingerprint density at radius 2 is 1.80 bits per heavy atom. The molecule has 0 spiro atoms. The SMILES string of the molecule is CC(C)c1cc(NC(=O)Nc2cc(Cl)cc(Cl)c2)n[nH]1. The van der Waals surface area contributed by atoms with E-state index < -0.39 is 6.03 Å². The third kappa shape index (κ3) is 3.88. The number of benzene rings is 1. The fourth-order valence-electron chi connectivity index (χ4n) is 1.60. The Bertz CT molecular complexity index is 604. The lowest BCUT2D eigenvalue weighted by molar-refractivity contribution is 0.262. The summed E-state index contributed by atoms with van der Waals surface area (Å²) >= 11 is 11.7. The molecule has 0 radical (unpaired) electrons. The highest BCUT2D eigenvalue weighted by Gasteiger charge is 2.08. The Balaban J connectivity index is 2.01. The van der Waals surface area contributed by atoms with E-state index in [4.69, 9.17) is 23.2 Å². The summed E-state index contributed by atoms with van der Waals surface area (Å²) in [5, 5.41) is 13.0. The molecule has 5 nitrogen and oxygen atoms in total. The molecule has 1 aromatic heterocycles. The zero-order valence-corrected chi connectivity index (χ0v) is 12.5. The van der Waals surface area contributed by atoms with Crippen LogP contribution in [0.3, 0.4) is 0 Å². The topological polar surface area (TPSA) is 69.8 Å². The Labute approximate surface area is 126 Å². The van der Waals surface area contributed by atoms with Gasteiger partial charge in [-0.05, 0) is 24.1 Å². The van der Waals surface area contributed by atoms with Gasteiger partial charge in [-0.2, -0.15) is 5.10 Å². The van der Waals surface area contributed by atoms with Crippen molar-refractivity contribution in [3.8, 4) is 0 Å². The summed E-state index contributed by atoms with van der Waals surface area (Å²) in [5.41, 5.74) is 1.46. The number of carbonyl (C=O) groups excluding carboxylic acids is 1. The first-order valence-corrected chi connectivity index (χ1v) is 6.79. The van der Waals surface area contributed by atoms with Crippen LogP contribution in [0, 0.1) is 0 Å². The Morgan fingerprint density at radius 1 is 1.15 bits per heavy atom. The number of H-pyrrole nitrogens is 1. The molecule has 0 aliphatic heterocycles. The molecule has 106 valence electrons. The second-order valence-corrected chi connectivity index (χ2v) is 5.47. The molecule has 1 heterocycles. The van der Waals surface area contributed by atoms with E-state index in [1.54, 1.807) is 24.3 Å². The van der Waals surface area contributed by atoms with Crippen LogP contribution in [-0.4, -0.2) is 16.2 Å². The molecule has 0 aliphatic carbocycles. The van der Waals surface area contributed by atoms with E-state index in [9.17, 15) is 4.79 Å². The van der Waals surface area contributed by atoms with E-state index in [0.717, 1.165) is 5.69 Å². The fraction of sp³-hybridized carbons (Fsp3) is 0.231. The summed E-state index contributed by atoms with van der Waals surface area (Å²) in [6.07, 6.45) is 0. The van der Waals surface area contributed by atoms with Gasteiger partial charge in [0.05, 0.1) is 0 Å². The lowest BCUT2D eigenvalue weighted by atomic mass is 10.1. The van der Waals surface area contributed by atoms with E-state index in [0.29, 0.717) is 27.5 Å². The normalized spacial score (nSPS) is 10.7. The van der Waals surface area contributed by atoms with E-state index in [1.807, 2.05) is 13.8 Å². The van der Waals surface area contributed by atoms with Gasteiger partial charge in [0.1, 0.15) is 0 Å². The van der Waals surface area contributed by atoms with Crippen LogP contribution in [0.15, 0.2) is 24.3 Å². The molecule has 20 heavy (non-hydrogen) atoms. The van der Waals surface area contributed by atoms with Crippen molar-refractivity contribution in [1.82, 2.24) is 10.2 Å². The van der Waals surface area contributed by atoms with Gasteiger partial charge in [-0.15, -0.1) is 0 Å². The zero-order chi connectivity index (χ0) is 14.7. The lowest BCUT2D eigenvalue weighted by Crippen LogP contribution is -2.19. The van der Waals surface area contributed by atoms with E-state index >= 15 is 0 Å². The maximum absolute atomic E-state index is 11.8. The summed E-state index contributed by atoms with van der Waals surface area (Å²) in [4.78, 5) is 11.8. The molecule has 3 N–H and O–H groups in total. The first-order valence-electron chi connectivity index (χ1n) is 6.03. The smallest absolute Gasteiger partial charge is 0.308 e. The largest absolute Gasteiger partial charge is 0.324 e. The van der Waals surface area contributed by atoms with Crippen molar-refractivity contribution < 1.29 is 4.79 Å². The molecule has 7 heteroatoms. The van der Waals surface area contributed by atoms with E-state index in [2.05, 4.69) is 20.8 Å². The van der Waals surface area contributed by atoms with Crippen LogP contribution < -0.4 is 10.6 Å². The molecule has 0 aliphatic rings. The third-order valence-corrected chi connectivity index (χ3v) is 3.02. The Morgan fingerprint density at radius 3 is 2.35 bits per heavy atom. The van der Waals surface area contributed by atoms with Crippen LogP contribution >= 0.6 is 23.2 Å². The predicted molar refractivity (Wildman–Crippen MR) is 81.8 cm³/mol. The van der Waals surface area contributed by atoms with Crippen molar-refractivity contribution in [3.63, 3.8) is 0 Å². The van der Waals surface area contributed by atoms with Gasteiger partial charge in [0.2, 0.25) is 0 Å². The molecule has 1 aromatic carbocycles. The molecule has 0 atom stereocenters. The number of aromatic nitrogens is 2. The van der Waals surface area contributed by atoms with Gasteiger partial charge >= 0.3 is 6.03 Å². The number of anilines is 2. The highest BCUT2D eigenvalue weighted by molar-refractivity contribution is 6.35. The van der Waals surface area contributed by atoms with Gasteiger partial charge in [-0.3, -0.25) is 10.4 Å². The minimum atomic E-state index is -0.412. The number of urea groups is 1. The predicted octanol–water partition coefficient (Wildman–Crippen LogP) is 4.48. The van der Waals surface area contributed by atoms with Gasteiger partial charge in [-0.25, -0.2) is 4.79 Å². The fourth-order valence-corrected chi connectivity index (χ4v) is 2.13. The molecule has 2 aromatic rings. The highest BCUT2D eigenvalue weighted by Crippen LogP contribution is 2.22. The molecular weight excluding hydrogens is 299 g/mol. The molecule has 0 unspecified atom stereocenters. The number of aromatic amines is 1. The standard InChI is InChI=1S/C13H14Cl2N4O/c1-7(2)11-6-12(19-18-11)17-13(20)16-10-4-8(14)3-9(15)5-10/h3-7H,1-2H3,(H3,16,17,18,19,20). The van der Waals surface area contributed by atoms with Crippen LogP contribution in [-0.2, 0) is 0 Å². The van der Waals surface area contributed by atoms with Gasteiger partial charge in [0.25, 0.3) is 0 Å². The zero-order valence-electron chi connectivity index (χ0n) is 11.0. The summed E-state index contributed by atoms with van der Waals surface area (Å²) in [5.74, 6) is 0.771. The van der Waals surface area contributed by atoms with Crippen LogP contribution in [0.4, 0.5) is 16.3 Å². The summed E-state index contributed by atoms with van der Waals surface area (Å²) in [6, 6.07) is 6.18. The maximum Gasteiger partial charge on any atom is 0.324 e. The lowest BCUT2D eigenvalue weighted by Gasteiger charge is -2.06. The van der Waals surface area contributed by atoms with E-state index in [-0.39, 0.29) is 0 Å². The number of hydrogen-bond donors (Lipinski definition) is 3. The average molecular weight is 313 g/mol. The molecule has 0 saturated heterocycles. The first-order chi connectivity index (χ1) is 9.44. The number of nitrogens with one attached hydrogen (secondary N) is 3. The average Bonchev–Trinajstić information content (AvgIpc) is 2.75. The number of halogens is 2. The minimum absolute atomic E-state index is 0.313. The number of nitrogens with zero attached hydrogens (tertiary/aromatic N) is 1. The highest BCUT2D eigenvalue weighted by atomic mass is 35.5. The van der Waals surface area contributed by atoms with Crippen LogP contribution in [0.1, 0.15) is 25.5 Å². The number of hydrogen-bond acceptors (Lipinski definition) is 2. The van der Waals surface area contributed by atoms with Gasteiger partial charge in [0, 0.05) is 27.5 Å². The van der Waals surface area contributed by atoms with Crippen molar-refractivity contribution in [2.45, 2.75) is 19.8 Å². The van der Waals surface area contributed by atoms with E-state index in [1.165, 1.54) is 0 Å². The second kappa shape index (κ2) is 6.15. The quantitative estimate of drug-likeness (QED) is 0.781. The summed E-state index contributed by atoms with van der Waals surface area (Å²) in [7, 11) is 0. The molecule has 2 rings (SSSR count). The van der Waals surface area contributed by atoms with Crippen molar-refractivity contribution in [3.05, 3.63) is 40.0 Å². The molecular formula is C13H14Cl2N4O. The van der Waals surface area contributed by atoms with Gasteiger partial charge in [0.15, 0.2) is 5.82 Å². The van der Waals surface area contributed by atoms with Crippen LogP contribution in [0.5, 0.6) is 0 Å². The van der Waals surface area contributed by atoms with Crippen LogP contribution in [0.25, 0.3) is 0 Å². The van der Waals surface area contributed by atoms with Gasteiger partial charge < -0.3 is 5.32 Å². The van der Waals surface area contributed by atoms with Crippen molar-refractivity contribution >= 4 is 40.7 Å². The minimum Gasteiger partial charge on any atom is -0.308 e. The number of carbonyl (C=O) groups is 1. The third-order valence-electron chi connectivity index (χ3n) is 2.58. The molecule has 0 saturated carbocycles. The van der Waals surface area contributed by atoms with Crippen molar-refractivity contribution in [2.24, 2.45) is 0 Å². The van der Waals surface area contributed by atoms with Crippen molar-refractivity contribution in [1.29, 1.82) is 0 Å². The summed E-state index contributed by atoms with van der Waals surface area (Å²) in [6.45, 7) is 4.07. The molecule has 0 bridgehead atoms. The Hall–Kier alpha value is -1.72. The number of rotatable bonds is 3. The van der Waals surface area contributed by atoms with Gasteiger partial charge in [-0.1, -0.05) is 37.0 Å². The maximum atomic E-state index is 11.8. The van der Waals surface area contributed by atoms with Crippen molar-refractivity contribution in [2.75, 3.05) is 10.6 Å². The molecule has 0 fully saturated rings. The van der Waals surface area contributed by atoms with Crippen LogP contribution in [0.2, 0.25) is 10.0 Å². The first kappa shape index (κ1) is 14.7. The summed E-state index contributed by atoms with van der Waals surface area (Å²) < 4.78 is 0. The number of amides is 2. The molecule has 2 amide bonds.